The molecule has 34 heavy (non-hydrogen) atoms. The second kappa shape index (κ2) is 10.3. The van der Waals surface area contributed by atoms with E-state index in [0.29, 0.717) is 21.9 Å². The second-order valence-electron chi connectivity index (χ2n) is 7.52. The van der Waals surface area contributed by atoms with E-state index in [9.17, 15) is 14.7 Å². The summed E-state index contributed by atoms with van der Waals surface area (Å²) in [4.78, 5) is 30.3. The zero-order valence-corrected chi connectivity index (χ0v) is 20.4. The lowest BCUT2D eigenvalue weighted by molar-refractivity contribution is -0.671. The van der Waals surface area contributed by atoms with Crippen LogP contribution in [-0.2, 0) is 17.2 Å². The summed E-state index contributed by atoms with van der Waals surface area (Å²) in [5, 5.41) is 11.7. The number of hydrogen-bond acceptors (Lipinski definition) is 4. The number of benzene rings is 1. The van der Waals surface area contributed by atoms with Gasteiger partial charge < -0.3 is 5.11 Å². The third-order valence-corrected chi connectivity index (χ3v) is 7.41. The molecule has 4 rings (SSSR count). The molecule has 4 aromatic rings. The van der Waals surface area contributed by atoms with Crippen LogP contribution in [0.5, 0.6) is 5.88 Å². The Bertz CT molecular complexity index is 1460. The first-order chi connectivity index (χ1) is 16.4. The number of aromatic nitrogens is 3. The molecule has 9 heteroatoms. The molecule has 1 aromatic carbocycles. The maximum atomic E-state index is 13.4. The smallest absolute Gasteiger partial charge is 0.354 e. The minimum absolute atomic E-state index is 0.102. The molecule has 0 aliphatic carbocycles. The first kappa shape index (κ1) is 23.8. The Hall–Kier alpha value is -3.36. The molecule has 0 spiro atoms. The highest BCUT2D eigenvalue weighted by molar-refractivity contribution is 7.87. The van der Waals surface area contributed by atoms with Crippen molar-refractivity contribution in [3.63, 3.8) is 0 Å². The van der Waals surface area contributed by atoms with Crippen LogP contribution in [0.1, 0.15) is 29.8 Å². The first-order valence-corrected chi connectivity index (χ1v) is 12.7. The van der Waals surface area contributed by atoms with Gasteiger partial charge >= 0.3 is 5.56 Å². The highest BCUT2D eigenvalue weighted by Gasteiger charge is 2.25. The van der Waals surface area contributed by atoms with E-state index in [2.05, 4.69) is 9.35 Å². The van der Waals surface area contributed by atoms with Gasteiger partial charge in [0.15, 0.2) is 5.56 Å². The van der Waals surface area contributed by atoms with Gasteiger partial charge in [-0.05, 0) is 29.8 Å². The molecule has 7 nitrogen and oxygen atoms in total. The van der Waals surface area contributed by atoms with Crippen LogP contribution in [0.15, 0.2) is 76.1 Å². The van der Waals surface area contributed by atoms with Crippen LogP contribution >= 0.6 is 11.6 Å². The third-order valence-electron chi connectivity index (χ3n) is 5.43. The summed E-state index contributed by atoms with van der Waals surface area (Å²) in [7, 11) is -0.335. The van der Waals surface area contributed by atoms with E-state index < -0.39 is 0 Å². The normalized spacial score (nSPS) is 11.2. The fourth-order valence-corrected chi connectivity index (χ4v) is 4.81. The number of aromatic hydroxyl groups is 1. The number of nitrogens with zero attached hydrogens (tertiary/aromatic N) is 4. The van der Waals surface area contributed by atoms with Gasteiger partial charge in [0, 0.05) is 34.9 Å². The van der Waals surface area contributed by atoms with Crippen LogP contribution in [-0.4, -0.2) is 31.9 Å². The number of rotatable bonds is 6. The van der Waals surface area contributed by atoms with Crippen molar-refractivity contribution in [1.82, 2.24) is 9.38 Å². The molecule has 0 fully saturated rings. The van der Waals surface area contributed by atoms with Crippen LogP contribution in [0.2, 0.25) is 5.15 Å². The molecule has 1 N–H and O–H groups in total. The Morgan fingerprint density at radius 2 is 1.94 bits per heavy atom. The Balaban J connectivity index is 1.88. The second-order valence-corrected chi connectivity index (χ2v) is 10.2. The van der Waals surface area contributed by atoms with Gasteiger partial charge in [-0.15, -0.1) is 0 Å². The zero-order valence-electron chi connectivity index (χ0n) is 18.8. The lowest BCUT2D eigenvalue weighted by Gasteiger charge is -2.11. The fourth-order valence-electron chi connectivity index (χ4n) is 3.69. The maximum absolute atomic E-state index is 13.4. The van der Waals surface area contributed by atoms with Crippen molar-refractivity contribution in [3.8, 4) is 17.0 Å². The van der Waals surface area contributed by atoms with Crippen molar-refractivity contribution >= 4 is 33.8 Å². The summed E-state index contributed by atoms with van der Waals surface area (Å²) >= 11 is 5.91. The molecule has 0 saturated carbocycles. The van der Waals surface area contributed by atoms with Gasteiger partial charge in [0.1, 0.15) is 11.7 Å². The SMILES string of the molecule is CCS(CC)=NC(=O)c1cccc(-c2c(O)[n+](Cc3ccc(Cl)nc3)c3ccccn3c2=O)c1. The van der Waals surface area contributed by atoms with Crippen LogP contribution in [0.3, 0.4) is 0 Å². The van der Waals surface area contributed by atoms with Gasteiger partial charge in [-0.25, -0.2) is 9.78 Å². The Morgan fingerprint density at radius 3 is 2.65 bits per heavy atom. The molecule has 0 unspecified atom stereocenters. The average Bonchev–Trinajstić information content (AvgIpc) is 2.86. The predicted octanol–water partition coefficient (Wildman–Crippen LogP) is 4.04. The third kappa shape index (κ3) is 4.78. The first-order valence-electron chi connectivity index (χ1n) is 10.8. The van der Waals surface area contributed by atoms with Crippen molar-refractivity contribution < 1.29 is 14.5 Å². The van der Waals surface area contributed by atoms with Gasteiger partial charge in [-0.1, -0.05) is 60.4 Å². The summed E-state index contributed by atoms with van der Waals surface area (Å²) in [5.41, 5.74) is 1.85. The van der Waals surface area contributed by atoms with E-state index in [1.54, 1.807) is 65.5 Å². The minimum Gasteiger partial charge on any atom is -0.477 e. The maximum Gasteiger partial charge on any atom is 0.354 e. The van der Waals surface area contributed by atoms with Crippen molar-refractivity contribution in [2.24, 2.45) is 4.36 Å². The summed E-state index contributed by atoms with van der Waals surface area (Å²) < 4.78 is 7.42. The number of halogens is 1. The Kier molecular flexibility index (Phi) is 7.19. The zero-order chi connectivity index (χ0) is 24.2. The molecule has 0 bridgehead atoms. The molecule has 174 valence electrons. The van der Waals surface area contributed by atoms with Gasteiger partial charge in [0.2, 0.25) is 0 Å². The Morgan fingerprint density at radius 1 is 1.15 bits per heavy atom. The quantitative estimate of drug-likeness (QED) is 0.323. The summed E-state index contributed by atoms with van der Waals surface area (Å²) in [6.07, 6.45) is 3.27. The van der Waals surface area contributed by atoms with E-state index in [4.69, 9.17) is 11.6 Å². The summed E-state index contributed by atoms with van der Waals surface area (Å²) in [5.74, 6) is 1.08. The van der Waals surface area contributed by atoms with Crippen LogP contribution in [0.25, 0.3) is 16.8 Å². The lowest BCUT2D eigenvalue weighted by atomic mass is 10.0. The van der Waals surface area contributed by atoms with Crippen molar-refractivity contribution in [2.45, 2.75) is 20.4 Å². The van der Waals surface area contributed by atoms with Crippen molar-refractivity contribution in [1.29, 1.82) is 0 Å². The number of amides is 1. The molecule has 0 aliphatic heterocycles. The van der Waals surface area contributed by atoms with E-state index in [0.717, 1.165) is 17.1 Å². The average molecular weight is 496 g/mol. The van der Waals surface area contributed by atoms with E-state index in [-0.39, 0.29) is 40.1 Å². The summed E-state index contributed by atoms with van der Waals surface area (Å²) in [6, 6.07) is 15.5. The number of hydrogen-bond donors (Lipinski definition) is 1. The molecule has 0 aliphatic rings. The van der Waals surface area contributed by atoms with E-state index >= 15 is 0 Å². The van der Waals surface area contributed by atoms with Gasteiger partial charge in [-0.2, -0.15) is 13.3 Å². The van der Waals surface area contributed by atoms with Crippen molar-refractivity contribution in [3.05, 3.63) is 93.6 Å². The molecule has 1 amide bonds. The molecular formula is C25H24ClN4O3S+. The highest BCUT2D eigenvalue weighted by Crippen LogP contribution is 2.25. The van der Waals surface area contributed by atoms with Crippen LogP contribution in [0.4, 0.5) is 0 Å². The lowest BCUT2D eigenvalue weighted by Crippen LogP contribution is -2.41. The minimum atomic E-state index is -0.387. The standard InChI is InChI=1S/C25H23ClN4O3S/c1-3-34(4-2)28-23(31)19-9-7-8-18(14-19)22-24(32)29-13-6-5-10-21(29)30(25(22)33)16-17-11-12-20(26)27-15-17/h5-15H,3-4,16H2,1-2H3/p+1. The highest BCUT2D eigenvalue weighted by atomic mass is 35.5. The topological polar surface area (TPSA) is 87.9 Å². The molecule has 0 radical (unpaired) electrons. The molecule has 0 saturated heterocycles. The van der Waals surface area contributed by atoms with Gasteiger partial charge in [-0.3, -0.25) is 4.79 Å². The monoisotopic (exact) mass is 495 g/mol. The molecule has 0 atom stereocenters. The Labute approximate surface area is 204 Å². The molecule has 3 heterocycles. The molecule has 3 aromatic heterocycles. The molecular weight excluding hydrogens is 472 g/mol. The predicted molar refractivity (Wildman–Crippen MR) is 135 cm³/mol. The summed E-state index contributed by atoms with van der Waals surface area (Å²) in [6.45, 7) is 4.27. The largest absolute Gasteiger partial charge is 0.477 e. The fraction of sp³-hybridized carbons (Fsp3) is 0.200. The van der Waals surface area contributed by atoms with E-state index in [1.807, 2.05) is 19.9 Å². The van der Waals surface area contributed by atoms with Gasteiger partial charge in [0.05, 0.1) is 6.20 Å². The van der Waals surface area contributed by atoms with Gasteiger partial charge in [0.25, 0.3) is 17.4 Å². The number of pyridine rings is 2. The van der Waals surface area contributed by atoms with Crippen molar-refractivity contribution in [2.75, 3.05) is 11.5 Å². The van der Waals surface area contributed by atoms with Crippen LogP contribution < -0.4 is 10.1 Å². The number of carbonyl (C=O) groups is 1. The van der Waals surface area contributed by atoms with Crippen LogP contribution in [0, 0.1) is 0 Å². The van der Waals surface area contributed by atoms with E-state index in [1.165, 1.54) is 4.40 Å². The number of fused-ring (bicyclic) bond motifs is 1. The number of carbonyl (C=O) groups excluding carboxylic acids is 1.